The summed E-state index contributed by atoms with van der Waals surface area (Å²) in [4.78, 5) is -0.823. The summed E-state index contributed by atoms with van der Waals surface area (Å²) in [5, 5.41) is 0.0465. The molecular weight excluding hydrogens is 326 g/mol. The second-order valence-corrected chi connectivity index (χ2v) is 6.34. The molecular formula is C10H8Na2O6S2. The van der Waals surface area contributed by atoms with E-state index in [0.29, 0.717) is 0 Å². The first-order chi connectivity index (χ1) is 8.21. The van der Waals surface area contributed by atoms with Gasteiger partial charge in [-0.1, -0.05) is 24.3 Å². The summed E-state index contributed by atoms with van der Waals surface area (Å²) in [6.07, 6.45) is 0. The minimum atomic E-state index is -4.47. The SMILES string of the molecule is O=S(=O)(O)c1cccc2c(S(=O)(=O)O)cccc12.[Na].[Na]. The van der Waals surface area contributed by atoms with Crippen LogP contribution in [0.4, 0.5) is 0 Å². The average molecular weight is 334 g/mol. The van der Waals surface area contributed by atoms with E-state index in [1.807, 2.05) is 0 Å². The monoisotopic (exact) mass is 334 g/mol. The minimum Gasteiger partial charge on any atom is -0.282 e. The summed E-state index contributed by atoms with van der Waals surface area (Å²) < 4.78 is 62.7. The molecule has 0 spiro atoms. The molecule has 0 bridgehead atoms. The van der Waals surface area contributed by atoms with Gasteiger partial charge in [0.05, 0.1) is 0 Å². The van der Waals surface area contributed by atoms with Gasteiger partial charge in [0.15, 0.2) is 0 Å². The van der Waals surface area contributed by atoms with Gasteiger partial charge in [0.25, 0.3) is 20.2 Å². The molecule has 2 N–H and O–H groups in total. The van der Waals surface area contributed by atoms with E-state index >= 15 is 0 Å². The van der Waals surface area contributed by atoms with Gasteiger partial charge in [-0.25, -0.2) is 0 Å². The molecule has 0 saturated heterocycles. The van der Waals surface area contributed by atoms with Crippen molar-refractivity contribution < 1.29 is 25.9 Å². The van der Waals surface area contributed by atoms with Crippen LogP contribution in [0.5, 0.6) is 0 Å². The fourth-order valence-corrected chi connectivity index (χ4v) is 3.12. The summed E-state index contributed by atoms with van der Waals surface area (Å²) in [5.74, 6) is 0. The van der Waals surface area contributed by atoms with Crippen LogP contribution in [0.1, 0.15) is 0 Å². The Kier molecular flexibility index (Phi) is 7.37. The van der Waals surface area contributed by atoms with Gasteiger partial charge < -0.3 is 0 Å². The Hall–Kier alpha value is 0.520. The van der Waals surface area contributed by atoms with Crippen molar-refractivity contribution in [2.45, 2.75) is 9.79 Å². The maximum absolute atomic E-state index is 11.2. The molecule has 10 heteroatoms. The maximum Gasteiger partial charge on any atom is 0.295 e. The minimum absolute atomic E-state index is 0. The van der Waals surface area contributed by atoms with E-state index in [4.69, 9.17) is 9.11 Å². The third-order valence-corrected chi connectivity index (χ3v) is 4.22. The van der Waals surface area contributed by atoms with Gasteiger partial charge in [0.2, 0.25) is 0 Å². The van der Waals surface area contributed by atoms with Crippen LogP contribution in [0.15, 0.2) is 46.2 Å². The van der Waals surface area contributed by atoms with Crippen molar-refractivity contribution in [1.29, 1.82) is 0 Å². The van der Waals surface area contributed by atoms with Crippen LogP contribution in [-0.4, -0.2) is 85.1 Å². The number of hydrogen-bond acceptors (Lipinski definition) is 4. The van der Waals surface area contributed by atoms with E-state index in [1.165, 1.54) is 24.3 Å². The van der Waals surface area contributed by atoms with Crippen molar-refractivity contribution in [1.82, 2.24) is 0 Å². The van der Waals surface area contributed by atoms with Gasteiger partial charge in [-0.2, -0.15) is 16.8 Å². The first-order valence-electron chi connectivity index (χ1n) is 4.68. The van der Waals surface area contributed by atoms with Gasteiger partial charge >= 0.3 is 0 Å². The first kappa shape index (κ1) is 20.5. The van der Waals surface area contributed by atoms with E-state index in [-0.39, 0.29) is 69.9 Å². The second-order valence-electron chi connectivity index (χ2n) is 3.56. The Morgan fingerprint density at radius 2 is 0.950 bits per heavy atom. The predicted molar refractivity (Wildman–Crippen MR) is 75.1 cm³/mol. The zero-order chi connectivity index (χ0) is 13.6. The quantitative estimate of drug-likeness (QED) is 0.614. The molecule has 0 atom stereocenters. The third-order valence-electron chi connectivity index (χ3n) is 2.40. The second kappa shape index (κ2) is 7.19. The van der Waals surface area contributed by atoms with E-state index < -0.39 is 30.0 Å². The molecule has 2 rings (SSSR count). The Morgan fingerprint density at radius 3 is 1.20 bits per heavy atom. The van der Waals surface area contributed by atoms with Gasteiger partial charge in [0, 0.05) is 69.9 Å². The van der Waals surface area contributed by atoms with Crippen molar-refractivity contribution in [3.8, 4) is 0 Å². The standard InChI is InChI=1S/C10H8O6S2.2Na/c11-17(12,13)9-5-1-3-7-8(9)4-2-6-10(7)18(14,15)16;;/h1-6H,(H,11,12,13)(H,14,15,16);;. The van der Waals surface area contributed by atoms with Crippen molar-refractivity contribution in [2.24, 2.45) is 0 Å². The summed E-state index contributed by atoms with van der Waals surface area (Å²) in [6.45, 7) is 0. The van der Waals surface area contributed by atoms with Crippen molar-refractivity contribution in [2.75, 3.05) is 0 Å². The number of rotatable bonds is 2. The first-order valence-corrected chi connectivity index (χ1v) is 7.56. The zero-order valence-electron chi connectivity index (χ0n) is 10.8. The van der Waals surface area contributed by atoms with E-state index in [0.717, 1.165) is 12.1 Å². The van der Waals surface area contributed by atoms with Crippen LogP contribution in [-0.2, 0) is 20.2 Å². The van der Waals surface area contributed by atoms with Crippen LogP contribution in [0.2, 0.25) is 0 Å². The summed E-state index contributed by atoms with van der Waals surface area (Å²) in [6, 6.07) is 7.53. The average Bonchev–Trinajstić information content (AvgIpc) is 2.24. The largest absolute Gasteiger partial charge is 0.295 e. The Balaban J connectivity index is 0.00000180. The molecule has 0 amide bonds. The van der Waals surface area contributed by atoms with Crippen LogP contribution in [0.25, 0.3) is 10.8 Å². The third kappa shape index (κ3) is 4.26. The Bertz CT molecular complexity index is 759. The van der Waals surface area contributed by atoms with Gasteiger partial charge in [-0.15, -0.1) is 0 Å². The maximum atomic E-state index is 11.2. The van der Waals surface area contributed by atoms with E-state index in [1.54, 1.807) is 0 Å². The van der Waals surface area contributed by atoms with E-state index in [9.17, 15) is 16.8 Å². The van der Waals surface area contributed by atoms with Crippen molar-refractivity contribution >= 4 is 90.1 Å². The summed E-state index contributed by atoms with van der Waals surface area (Å²) in [5.41, 5.74) is 0. The number of hydrogen-bond donors (Lipinski definition) is 2. The molecule has 0 fully saturated rings. The fourth-order valence-electron chi connectivity index (χ4n) is 1.70. The topological polar surface area (TPSA) is 109 Å². The Labute approximate surface area is 160 Å². The molecule has 2 aromatic carbocycles. The molecule has 98 valence electrons. The normalized spacial score (nSPS) is 11.5. The molecule has 6 nitrogen and oxygen atoms in total. The molecule has 2 aromatic rings. The molecule has 20 heavy (non-hydrogen) atoms. The summed E-state index contributed by atoms with van der Waals surface area (Å²) >= 11 is 0. The van der Waals surface area contributed by atoms with E-state index in [2.05, 4.69) is 0 Å². The fraction of sp³-hybridized carbons (Fsp3) is 0. The molecule has 0 aromatic heterocycles. The molecule has 0 aliphatic heterocycles. The Morgan fingerprint density at radius 1 is 0.650 bits per heavy atom. The van der Waals surface area contributed by atoms with Gasteiger partial charge in [-0.3, -0.25) is 9.11 Å². The molecule has 0 saturated carbocycles. The smallest absolute Gasteiger partial charge is 0.282 e. The molecule has 0 heterocycles. The van der Waals surface area contributed by atoms with Gasteiger partial charge in [0.1, 0.15) is 9.79 Å². The van der Waals surface area contributed by atoms with Crippen molar-refractivity contribution in [3.63, 3.8) is 0 Å². The molecule has 2 radical (unpaired) electrons. The zero-order valence-corrected chi connectivity index (χ0v) is 16.4. The molecule has 0 unspecified atom stereocenters. The number of fused-ring (bicyclic) bond motifs is 1. The van der Waals surface area contributed by atoms with Crippen LogP contribution >= 0.6 is 0 Å². The van der Waals surface area contributed by atoms with Crippen LogP contribution in [0.3, 0.4) is 0 Å². The van der Waals surface area contributed by atoms with Crippen molar-refractivity contribution in [3.05, 3.63) is 36.4 Å². The molecule has 0 aliphatic rings. The van der Waals surface area contributed by atoms with Gasteiger partial charge in [-0.05, 0) is 12.1 Å². The van der Waals surface area contributed by atoms with Crippen LogP contribution in [0, 0.1) is 0 Å². The number of benzene rings is 2. The molecule has 0 aliphatic carbocycles. The van der Waals surface area contributed by atoms with Crippen LogP contribution < -0.4 is 0 Å². The summed E-state index contributed by atoms with van der Waals surface area (Å²) in [7, 11) is -8.94. The predicted octanol–water partition coefficient (Wildman–Crippen LogP) is 0.572.